The van der Waals surface area contributed by atoms with Crippen LogP contribution in [-0.2, 0) is 29.1 Å². The van der Waals surface area contributed by atoms with Crippen molar-refractivity contribution in [3.05, 3.63) is 41.4 Å². The Kier molecular flexibility index (Phi) is 12.3. The van der Waals surface area contributed by atoms with E-state index >= 15 is 0 Å². The van der Waals surface area contributed by atoms with E-state index < -0.39 is 93.3 Å². The summed E-state index contributed by atoms with van der Waals surface area (Å²) < 4.78 is 71.3. The Morgan fingerprint density at radius 1 is 1.12 bits per heavy atom. The lowest BCUT2D eigenvalue weighted by molar-refractivity contribution is -0.142. The number of benzene rings is 1. The minimum atomic E-state index is -3.96. The van der Waals surface area contributed by atoms with Crippen LogP contribution in [0.5, 0.6) is 11.8 Å². The molecular formula is C39H50ClF2N5O9S. The molecule has 2 aliphatic heterocycles. The third-order valence-corrected chi connectivity index (χ3v) is 12.8. The van der Waals surface area contributed by atoms with E-state index in [1.165, 1.54) is 11.0 Å². The first-order chi connectivity index (χ1) is 26.8. The second-order valence-electron chi connectivity index (χ2n) is 16.7. The minimum absolute atomic E-state index is 0.0426. The fraction of sp³-hybridized carbons (Fsp3) is 0.615. The first-order valence-electron chi connectivity index (χ1n) is 19.3. The van der Waals surface area contributed by atoms with Gasteiger partial charge in [0.25, 0.3) is 12.3 Å². The van der Waals surface area contributed by atoms with Crippen molar-refractivity contribution in [1.29, 1.82) is 0 Å². The van der Waals surface area contributed by atoms with E-state index in [4.69, 9.17) is 25.8 Å². The van der Waals surface area contributed by atoms with Crippen molar-refractivity contribution in [3.8, 4) is 11.8 Å². The number of carbonyl (C=O) groups is 4. The number of hydrogen-bond donors (Lipinski definition) is 3. The van der Waals surface area contributed by atoms with Gasteiger partial charge >= 0.3 is 6.09 Å². The molecular weight excluding hydrogens is 788 g/mol. The number of hydrogen-bond acceptors (Lipinski definition) is 10. The minimum Gasteiger partial charge on any atom is -0.472 e. The number of allylic oxidation sites excluding steroid dienone is 1. The van der Waals surface area contributed by atoms with Gasteiger partial charge in [0, 0.05) is 34.2 Å². The van der Waals surface area contributed by atoms with Gasteiger partial charge in [-0.05, 0) is 83.3 Å². The highest BCUT2D eigenvalue weighted by molar-refractivity contribution is 7.91. The van der Waals surface area contributed by atoms with Crippen LogP contribution in [-0.4, -0.2) is 96.3 Å². The van der Waals surface area contributed by atoms with Crippen LogP contribution in [0.25, 0.3) is 10.8 Å². The number of carbonyl (C=O) groups excluding carboxylic acids is 4. The molecule has 3 fully saturated rings. The van der Waals surface area contributed by atoms with Gasteiger partial charge < -0.3 is 29.7 Å². The summed E-state index contributed by atoms with van der Waals surface area (Å²) in [5.41, 5.74) is -2.47. The van der Waals surface area contributed by atoms with Crippen LogP contribution in [0.2, 0.25) is 5.02 Å². The van der Waals surface area contributed by atoms with Crippen LogP contribution in [0.15, 0.2) is 36.4 Å². The van der Waals surface area contributed by atoms with Crippen molar-refractivity contribution in [2.45, 2.75) is 121 Å². The van der Waals surface area contributed by atoms with Gasteiger partial charge in [-0.25, -0.2) is 22.0 Å². The first kappa shape index (κ1) is 42.4. The van der Waals surface area contributed by atoms with E-state index in [-0.39, 0.29) is 42.1 Å². The van der Waals surface area contributed by atoms with Gasteiger partial charge in [-0.15, -0.1) is 0 Å². The Balaban J connectivity index is 1.36. The summed E-state index contributed by atoms with van der Waals surface area (Å²) in [6.07, 6.45) is 1.96. The number of halogens is 3. The number of amides is 4. The van der Waals surface area contributed by atoms with Crippen molar-refractivity contribution in [1.82, 2.24) is 25.2 Å². The molecule has 1 saturated heterocycles. The highest BCUT2D eigenvalue weighted by Gasteiger charge is 2.62. The summed E-state index contributed by atoms with van der Waals surface area (Å²) in [6.45, 7) is 7.82. The lowest BCUT2D eigenvalue weighted by Crippen LogP contribution is -2.59. The van der Waals surface area contributed by atoms with Crippen molar-refractivity contribution >= 4 is 56.2 Å². The summed E-state index contributed by atoms with van der Waals surface area (Å²) in [4.78, 5) is 61.9. The molecule has 2 saturated carbocycles. The third kappa shape index (κ3) is 10.1. The van der Waals surface area contributed by atoms with Crippen LogP contribution in [0, 0.1) is 17.8 Å². The smallest absolute Gasteiger partial charge is 0.408 e. The Morgan fingerprint density at radius 3 is 2.54 bits per heavy atom. The molecule has 3 N–H and O–H groups in total. The monoisotopic (exact) mass is 837 g/mol. The maximum absolute atomic E-state index is 14.8. The second kappa shape index (κ2) is 16.5. The number of nitrogens with zero attached hydrogens (tertiary/aromatic N) is 2. The molecule has 2 aliphatic carbocycles. The van der Waals surface area contributed by atoms with Crippen molar-refractivity contribution < 1.29 is 50.6 Å². The number of alkyl halides is 2. The van der Waals surface area contributed by atoms with Crippen LogP contribution >= 0.6 is 11.6 Å². The number of aromatic nitrogens is 1. The predicted molar refractivity (Wildman–Crippen MR) is 206 cm³/mol. The number of sulfonamides is 1. The number of nitrogens with one attached hydrogen (secondary N) is 3. The summed E-state index contributed by atoms with van der Waals surface area (Å²) in [7, 11) is -3.96. The zero-order chi connectivity index (χ0) is 41.4. The Morgan fingerprint density at radius 2 is 1.86 bits per heavy atom. The van der Waals surface area contributed by atoms with E-state index in [1.54, 1.807) is 39.0 Å². The quantitative estimate of drug-likeness (QED) is 0.282. The molecule has 18 heteroatoms. The van der Waals surface area contributed by atoms with Crippen LogP contribution in [0.3, 0.4) is 0 Å². The lowest BCUT2D eigenvalue weighted by atomic mass is 9.88. The first-order valence-corrected chi connectivity index (χ1v) is 21.2. The Hall–Kier alpha value is -4.25. The molecule has 0 bridgehead atoms. The molecule has 0 radical (unpaired) electrons. The Bertz CT molecular complexity index is 2030. The molecule has 14 nitrogen and oxygen atoms in total. The molecule has 4 amide bonds. The van der Waals surface area contributed by atoms with Crippen LogP contribution in [0.1, 0.15) is 79.6 Å². The standard InChI is InChI=1S/C39H50ClF2N5O9S/c1-21-9-6-7-10-23-18-39(23,36(50)46-57(52,53)25-13-14-25)45-33(48)29-16-24(19-47(29)35(49)32(22(2)15-21)44-37(51)56-38(3,4)5)55-34-26-11-8-12-28(40)27(26)17-31(43-34)54-20-30(41)42/h7-8,10-12,17,21-25,29-30,32H,6,9,13-16,18-20H2,1-5H3,(H,44,51)(H,45,48)(H,46,50)/b10-7-/t21-,22-,23-,24-,29+,32+,39-/m1/s1. The fourth-order valence-corrected chi connectivity index (χ4v) is 9.18. The Labute approximate surface area is 335 Å². The normalized spacial score (nSPS) is 29.0. The predicted octanol–water partition coefficient (Wildman–Crippen LogP) is 5.27. The second-order valence-corrected chi connectivity index (χ2v) is 19.0. The van der Waals surface area contributed by atoms with E-state index in [9.17, 15) is 36.4 Å². The summed E-state index contributed by atoms with van der Waals surface area (Å²) in [5, 5.41) is 5.99. The van der Waals surface area contributed by atoms with Crippen molar-refractivity contribution in [2.75, 3.05) is 13.2 Å². The summed E-state index contributed by atoms with van der Waals surface area (Å²) in [6, 6.07) is 3.92. The van der Waals surface area contributed by atoms with E-state index in [2.05, 4.69) is 20.3 Å². The molecule has 1 aromatic carbocycles. The van der Waals surface area contributed by atoms with Gasteiger partial charge in [0.1, 0.15) is 29.3 Å². The van der Waals surface area contributed by atoms with Crippen LogP contribution in [0.4, 0.5) is 13.6 Å². The van der Waals surface area contributed by atoms with E-state index in [0.29, 0.717) is 36.5 Å². The zero-order valence-electron chi connectivity index (χ0n) is 32.6. The lowest BCUT2D eigenvalue weighted by Gasteiger charge is -2.33. The number of fused-ring (bicyclic) bond motifs is 3. The van der Waals surface area contributed by atoms with E-state index in [0.717, 1.165) is 6.42 Å². The maximum atomic E-state index is 14.8. The molecule has 57 heavy (non-hydrogen) atoms. The molecule has 312 valence electrons. The van der Waals surface area contributed by atoms with Gasteiger partial charge in [-0.2, -0.15) is 4.98 Å². The molecule has 4 aliphatic rings. The molecule has 2 aromatic rings. The third-order valence-electron chi connectivity index (χ3n) is 10.7. The summed E-state index contributed by atoms with van der Waals surface area (Å²) >= 11 is 6.47. The fourth-order valence-electron chi connectivity index (χ4n) is 7.59. The van der Waals surface area contributed by atoms with Gasteiger partial charge in [0.05, 0.1) is 11.8 Å². The van der Waals surface area contributed by atoms with Gasteiger partial charge in [0.15, 0.2) is 6.61 Å². The SMILES string of the molecule is C[C@@H]1CC/C=C\[C@@H]2C[C@@]2(C(=O)NS(=O)(=O)C2CC2)NC(=O)[C@@H]2C[C@@H](Oc3nc(OCC(F)F)cc4c(Cl)cccc34)CN2C(=O)[C@@H](NC(=O)OC(C)(C)C)[C@H](C)C1. The average molecular weight is 838 g/mol. The highest BCUT2D eigenvalue weighted by atomic mass is 35.5. The molecule has 0 spiro atoms. The topological polar surface area (TPSA) is 182 Å². The highest BCUT2D eigenvalue weighted by Crippen LogP contribution is 2.46. The number of ether oxygens (including phenoxy) is 3. The zero-order valence-corrected chi connectivity index (χ0v) is 34.1. The molecule has 0 unspecified atom stereocenters. The summed E-state index contributed by atoms with van der Waals surface area (Å²) in [5.74, 6) is -3.25. The number of rotatable bonds is 9. The van der Waals surface area contributed by atoms with Gasteiger partial charge in [-0.3, -0.25) is 19.1 Å². The number of pyridine rings is 1. The van der Waals surface area contributed by atoms with Crippen molar-refractivity contribution in [3.63, 3.8) is 0 Å². The average Bonchev–Trinajstić information content (AvgIpc) is 4.04. The molecule has 3 heterocycles. The van der Waals surface area contributed by atoms with E-state index in [1.807, 2.05) is 26.0 Å². The molecule has 7 atom stereocenters. The maximum Gasteiger partial charge on any atom is 0.408 e. The van der Waals surface area contributed by atoms with Crippen molar-refractivity contribution in [2.24, 2.45) is 17.8 Å². The van der Waals surface area contributed by atoms with Gasteiger partial charge in [-0.1, -0.05) is 43.7 Å². The largest absolute Gasteiger partial charge is 0.472 e. The molecule has 1 aromatic heterocycles. The number of alkyl carbamates (subject to hydrolysis) is 1. The van der Waals surface area contributed by atoms with Crippen LogP contribution < -0.4 is 24.8 Å². The molecule has 6 rings (SSSR count). The van der Waals surface area contributed by atoms with Gasteiger partial charge in [0.2, 0.25) is 33.6 Å².